The number of nitrogens with zero attached hydrogens (tertiary/aromatic N) is 4. The van der Waals surface area contributed by atoms with Crippen molar-refractivity contribution < 1.29 is 13.5 Å². The summed E-state index contributed by atoms with van der Waals surface area (Å²) in [5.41, 5.74) is 10.8. The van der Waals surface area contributed by atoms with Crippen LogP contribution in [0, 0.1) is 48.2 Å². The van der Waals surface area contributed by atoms with E-state index in [-0.39, 0.29) is 0 Å². The molecule has 0 atom stereocenters. The van der Waals surface area contributed by atoms with Crippen LogP contribution < -0.4 is 9.80 Å². The van der Waals surface area contributed by atoms with Crippen LogP contribution in [0.3, 0.4) is 0 Å². The molecule has 1 aliphatic heterocycles. The summed E-state index contributed by atoms with van der Waals surface area (Å²) in [6.45, 7) is 19.4. The Labute approximate surface area is 275 Å². The first-order chi connectivity index (χ1) is 19.9. The molecule has 228 valence electrons. The number of benzene rings is 2. The average molecular weight is 735 g/mol. The molecule has 4 aromatic rings. The summed E-state index contributed by atoms with van der Waals surface area (Å²) in [6.07, 6.45) is 6.57. The monoisotopic (exact) mass is 733 g/mol. The second kappa shape index (κ2) is 18.6. The van der Waals surface area contributed by atoms with Crippen molar-refractivity contribution in [3.8, 4) is 0 Å². The molecule has 0 unspecified atom stereocenters. The summed E-state index contributed by atoms with van der Waals surface area (Å²) in [4.78, 5) is 12.3. The molecule has 3 heterocycles. The van der Waals surface area contributed by atoms with E-state index in [2.05, 4.69) is 92.2 Å². The summed E-state index contributed by atoms with van der Waals surface area (Å²) in [7, 11) is 10.6. The Morgan fingerprint density at radius 2 is 1.02 bits per heavy atom. The number of rotatable bonds is 2. The third kappa shape index (κ3) is 12.3. The summed E-state index contributed by atoms with van der Waals surface area (Å²) in [5.74, 6) is 0. The fourth-order valence-electron chi connectivity index (χ4n) is 4.77. The molecule has 0 aliphatic carbocycles. The van der Waals surface area contributed by atoms with Gasteiger partial charge >= 0.3 is 44.4 Å². The quantitative estimate of drug-likeness (QED) is 0.152. The van der Waals surface area contributed by atoms with Gasteiger partial charge in [0.05, 0.1) is 10.0 Å². The molecular formula is C33H39Cl4N4Ru-. The van der Waals surface area contributed by atoms with E-state index >= 15 is 0 Å². The second-order valence-corrected chi connectivity index (χ2v) is 16.8. The van der Waals surface area contributed by atoms with E-state index in [0.717, 1.165) is 13.1 Å². The van der Waals surface area contributed by atoms with Gasteiger partial charge < -0.3 is 9.80 Å². The fourth-order valence-corrected chi connectivity index (χ4v) is 5.03. The van der Waals surface area contributed by atoms with Crippen LogP contribution in [-0.2, 0) is 13.5 Å². The van der Waals surface area contributed by atoms with Gasteiger partial charge in [-0.15, -0.1) is 0 Å². The van der Waals surface area contributed by atoms with Crippen molar-refractivity contribution in [2.24, 2.45) is 0 Å². The summed E-state index contributed by atoms with van der Waals surface area (Å²) in [5, 5.41) is 1.37. The van der Waals surface area contributed by atoms with E-state index in [9.17, 15) is 0 Å². The van der Waals surface area contributed by atoms with Gasteiger partial charge in [0.25, 0.3) is 0 Å². The molecule has 2 aromatic heterocycles. The van der Waals surface area contributed by atoms with Crippen molar-refractivity contribution in [3.05, 3.63) is 123 Å². The zero-order valence-corrected chi connectivity index (χ0v) is 29.9. The van der Waals surface area contributed by atoms with E-state index in [1.165, 1.54) is 44.8 Å². The fraction of sp³-hybridized carbons (Fsp3) is 0.273. The number of aromatic nitrogens is 2. The maximum atomic E-state index is 5.48. The molecule has 4 nitrogen and oxygen atoms in total. The minimum Gasteiger partial charge on any atom is -0.502 e. The standard InChI is InChI=1S/C21H27N2.2C5H4ClN.C2H4.2ClH.Ru/c1-14-9-16(3)20(17(4)10-14)22-7-8-23(13-22)21-18(5)11-15(2)12-19(21)6;2*6-5-2-1-3-7-4-5;1-2;;;/h9-13H,7-8H2,1-6H3;2*1-4H;1H,2H3;2*1H;/q-1;;;;;;+2/p-2. The molecule has 0 saturated carbocycles. The van der Waals surface area contributed by atoms with Gasteiger partial charge in [-0.3, -0.25) is 9.97 Å². The number of pyridine rings is 2. The predicted octanol–water partition coefficient (Wildman–Crippen LogP) is 10.2. The first kappa shape index (κ1) is 36.2. The van der Waals surface area contributed by atoms with E-state index < -0.39 is 13.5 Å². The van der Waals surface area contributed by atoms with Crippen molar-refractivity contribution in [3.63, 3.8) is 0 Å². The van der Waals surface area contributed by atoms with Crippen molar-refractivity contribution in [1.29, 1.82) is 0 Å². The Kier molecular flexibility index (Phi) is 16.0. The van der Waals surface area contributed by atoms with Crippen LogP contribution >= 0.6 is 42.6 Å². The van der Waals surface area contributed by atoms with Gasteiger partial charge in [0, 0.05) is 49.3 Å². The molecular weight excluding hydrogens is 695 g/mol. The van der Waals surface area contributed by atoms with Crippen molar-refractivity contribution >= 4 is 58.6 Å². The van der Waals surface area contributed by atoms with Crippen LogP contribution in [0.1, 0.15) is 40.3 Å². The van der Waals surface area contributed by atoms with Crippen molar-refractivity contribution in [2.75, 3.05) is 22.9 Å². The molecule has 1 saturated heterocycles. The van der Waals surface area contributed by atoms with Crippen LogP contribution in [0.2, 0.25) is 10.0 Å². The molecule has 0 spiro atoms. The number of halogens is 4. The Morgan fingerprint density at radius 3 is 1.24 bits per heavy atom. The zero-order valence-electron chi connectivity index (χ0n) is 25.2. The van der Waals surface area contributed by atoms with Crippen LogP contribution in [-0.4, -0.2) is 27.7 Å². The SMILES string of the molecule is C[CH]=[Ru]([Cl])[Cl].Cc1cc(C)c(N2[CH-]N(c3c(C)cc(C)cc3C)CC2)c(C)c1.Clc1cccnc1.Clc1cccnc1. The molecule has 42 heavy (non-hydrogen) atoms. The largest absolute Gasteiger partial charge is 0.502 e. The third-order valence-corrected chi connectivity index (χ3v) is 9.14. The van der Waals surface area contributed by atoms with Gasteiger partial charge in [0.1, 0.15) is 0 Å². The van der Waals surface area contributed by atoms with Gasteiger partial charge in [-0.2, -0.15) is 6.67 Å². The van der Waals surface area contributed by atoms with Crippen molar-refractivity contribution in [2.45, 2.75) is 48.5 Å². The van der Waals surface area contributed by atoms with Gasteiger partial charge in [-0.1, -0.05) is 58.6 Å². The topological polar surface area (TPSA) is 32.3 Å². The molecule has 9 heteroatoms. The summed E-state index contributed by atoms with van der Waals surface area (Å²) < 4.78 is 1.84. The minimum absolute atomic E-state index is 0.683. The minimum atomic E-state index is -1.36. The molecule has 0 amide bonds. The first-order valence-corrected chi connectivity index (χ1v) is 19.6. The molecule has 1 aliphatic rings. The third-order valence-electron chi connectivity index (χ3n) is 6.11. The molecule has 2 aromatic carbocycles. The van der Waals surface area contributed by atoms with E-state index in [0.29, 0.717) is 10.0 Å². The normalized spacial score (nSPS) is 12.2. The van der Waals surface area contributed by atoms with Gasteiger partial charge in [-0.25, -0.2) is 0 Å². The zero-order chi connectivity index (χ0) is 31.2. The average Bonchev–Trinajstić information content (AvgIpc) is 3.38. The van der Waals surface area contributed by atoms with Gasteiger partial charge in [0.2, 0.25) is 0 Å². The Bertz CT molecular complexity index is 1280. The number of anilines is 2. The predicted molar refractivity (Wildman–Crippen MR) is 182 cm³/mol. The molecule has 5 rings (SSSR count). The second-order valence-electron chi connectivity index (χ2n) is 9.75. The van der Waals surface area contributed by atoms with E-state index in [1.807, 2.05) is 11.5 Å². The molecule has 0 bridgehead atoms. The first-order valence-electron chi connectivity index (χ1n) is 13.4. The number of aryl methyl sites for hydroxylation is 6. The van der Waals surface area contributed by atoms with Crippen LogP contribution in [0.4, 0.5) is 11.4 Å². The number of hydrogen-bond acceptors (Lipinski definition) is 4. The molecule has 1 fully saturated rings. The Balaban J connectivity index is 0.000000261. The van der Waals surface area contributed by atoms with Crippen LogP contribution in [0.5, 0.6) is 0 Å². The Hall–Kier alpha value is -2.01. The molecule has 0 radical (unpaired) electrons. The Morgan fingerprint density at radius 1 is 0.690 bits per heavy atom. The van der Waals surface area contributed by atoms with Crippen LogP contribution in [0.25, 0.3) is 0 Å². The number of hydrogen-bond donors (Lipinski definition) is 0. The smallest absolute Gasteiger partial charge is 0.0589 e. The van der Waals surface area contributed by atoms with Crippen LogP contribution in [0.15, 0.2) is 73.3 Å². The van der Waals surface area contributed by atoms with Gasteiger partial charge in [0.15, 0.2) is 0 Å². The molecule has 0 N–H and O–H groups in total. The van der Waals surface area contributed by atoms with Gasteiger partial charge in [-0.05, 0) is 88.1 Å². The van der Waals surface area contributed by atoms with E-state index in [4.69, 9.17) is 42.6 Å². The maximum Gasteiger partial charge on any atom is 0.0589 e. The summed E-state index contributed by atoms with van der Waals surface area (Å²) >= 11 is 9.59. The summed E-state index contributed by atoms with van der Waals surface area (Å²) in [6, 6.07) is 16.3. The van der Waals surface area contributed by atoms with Crippen molar-refractivity contribution in [1.82, 2.24) is 9.97 Å². The van der Waals surface area contributed by atoms with E-state index in [1.54, 1.807) is 49.1 Å². The maximum absolute atomic E-state index is 5.48.